The van der Waals surface area contributed by atoms with E-state index in [0.717, 1.165) is 11.3 Å². The van der Waals surface area contributed by atoms with Gasteiger partial charge in [-0.05, 0) is 32.9 Å². The normalized spacial score (nSPS) is 17.5. The Hall–Kier alpha value is -2.37. The monoisotopic (exact) mass is 318 g/mol. The zero-order valence-electron chi connectivity index (χ0n) is 13.7. The van der Waals surface area contributed by atoms with Gasteiger partial charge in [0.15, 0.2) is 6.61 Å². The summed E-state index contributed by atoms with van der Waals surface area (Å²) in [5, 5.41) is 2.64. The van der Waals surface area contributed by atoms with E-state index in [9.17, 15) is 14.4 Å². The van der Waals surface area contributed by atoms with Crippen LogP contribution in [0, 0.1) is 12.8 Å². The van der Waals surface area contributed by atoms with Gasteiger partial charge in [0, 0.05) is 24.7 Å². The maximum Gasteiger partial charge on any atom is 0.311 e. The highest BCUT2D eigenvalue weighted by Crippen LogP contribution is 2.26. The van der Waals surface area contributed by atoms with Crippen LogP contribution in [-0.4, -0.2) is 37.0 Å². The highest BCUT2D eigenvalue weighted by atomic mass is 16.5. The lowest BCUT2D eigenvalue weighted by atomic mass is 10.1. The minimum atomic E-state index is -0.532. The first kappa shape index (κ1) is 17.0. The molecule has 23 heavy (non-hydrogen) atoms. The van der Waals surface area contributed by atoms with Crippen molar-refractivity contribution in [3.05, 3.63) is 29.8 Å². The summed E-state index contributed by atoms with van der Waals surface area (Å²) in [6, 6.07) is 7.55. The number of amides is 2. The second-order valence-corrected chi connectivity index (χ2v) is 6.07. The molecular formula is C17H22N2O4. The molecule has 1 fully saturated rings. The third-order valence-electron chi connectivity index (χ3n) is 3.60. The molecule has 2 amide bonds. The summed E-state index contributed by atoms with van der Waals surface area (Å²) < 4.78 is 5.01. The van der Waals surface area contributed by atoms with Crippen LogP contribution in [0.4, 0.5) is 5.69 Å². The molecule has 0 saturated carbocycles. The molecule has 0 aromatic heterocycles. The summed E-state index contributed by atoms with van der Waals surface area (Å²) in [5.41, 5.74) is 1.88. The predicted octanol–water partition coefficient (Wildman–Crippen LogP) is 1.42. The number of carbonyl (C=O) groups is 3. The highest BCUT2D eigenvalue weighted by Gasteiger charge is 2.36. The number of anilines is 1. The first-order valence-corrected chi connectivity index (χ1v) is 7.70. The summed E-state index contributed by atoms with van der Waals surface area (Å²) in [7, 11) is 0. The zero-order valence-corrected chi connectivity index (χ0v) is 13.7. The smallest absolute Gasteiger partial charge is 0.311 e. The number of hydrogen-bond acceptors (Lipinski definition) is 4. The fourth-order valence-electron chi connectivity index (χ4n) is 2.46. The van der Waals surface area contributed by atoms with Gasteiger partial charge in [0.2, 0.25) is 5.91 Å². The zero-order chi connectivity index (χ0) is 17.0. The van der Waals surface area contributed by atoms with Gasteiger partial charge < -0.3 is 15.0 Å². The second-order valence-electron chi connectivity index (χ2n) is 6.07. The fraction of sp³-hybridized carbons (Fsp3) is 0.471. The van der Waals surface area contributed by atoms with Crippen LogP contribution < -0.4 is 10.2 Å². The SMILES string of the molecule is Cc1ccc(N2C[C@H](C(=O)OCC(=O)NC(C)C)CC2=O)cc1. The van der Waals surface area contributed by atoms with Crippen molar-refractivity contribution in [2.45, 2.75) is 33.2 Å². The van der Waals surface area contributed by atoms with Crippen molar-refractivity contribution in [3.8, 4) is 0 Å². The predicted molar refractivity (Wildman–Crippen MR) is 85.9 cm³/mol. The number of carbonyl (C=O) groups excluding carboxylic acids is 3. The van der Waals surface area contributed by atoms with Gasteiger partial charge in [-0.15, -0.1) is 0 Å². The van der Waals surface area contributed by atoms with E-state index < -0.39 is 11.9 Å². The summed E-state index contributed by atoms with van der Waals surface area (Å²) >= 11 is 0. The van der Waals surface area contributed by atoms with Crippen LogP contribution >= 0.6 is 0 Å². The average molecular weight is 318 g/mol. The molecule has 1 aromatic carbocycles. The van der Waals surface area contributed by atoms with Crippen molar-refractivity contribution >= 4 is 23.5 Å². The largest absolute Gasteiger partial charge is 0.455 e. The van der Waals surface area contributed by atoms with Crippen LogP contribution in [0.1, 0.15) is 25.8 Å². The van der Waals surface area contributed by atoms with Crippen LogP contribution in [0.25, 0.3) is 0 Å². The second kappa shape index (κ2) is 7.26. The molecule has 1 N–H and O–H groups in total. The lowest BCUT2D eigenvalue weighted by Crippen LogP contribution is -2.35. The Morgan fingerprint density at radius 1 is 1.30 bits per heavy atom. The minimum absolute atomic E-state index is 0.00807. The topological polar surface area (TPSA) is 75.7 Å². The van der Waals surface area contributed by atoms with Gasteiger partial charge in [0.25, 0.3) is 5.91 Å². The molecule has 6 nitrogen and oxygen atoms in total. The van der Waals surface area contributed by atoms with E-state index in [4.69, 9.17) is 4.74 Å². The Labute approximate surface area is 135 Å². The lowest BCUT2D eigenvalue weighted by molar-refractivity contribution is -0.152. The van der Waals surface area contributed by atoms with Crippen molar-refractivity contribution in [2.24, 2.45) is 5.92 Å². The highest BCUT2D eigenvalue weighted by molar-refractivity contribution is 5.99. The van der Waals surface area contributed by atoms with Gasteiger partial charge >= 0.3 is 5.97 Å². The molecule has 1 atom stereocenters. The van der Waals surface area contributed by atoms with E-state index in [1.54, 1.807) is 4.90 Å². The number of nitrogens with one attached hydrogen (secondary N) is 1. The Balaban J connectivity index is 1.90. The molecule has 2 rings (SSSR count). The minimum Gasteiger partial charge on any atom is -0.455 e. The number of hydrogen-bond donors (Lipinski definition) is 1. The fourth-order valence-corrected chi connectivity index (χ4v) is 2.46. The quantitative estimate of drug-likeness (QED) is 0.833. The third kappa shape index (κ3) is 4.55. The van der Waals surface area contributed by atoms with Gasteiger partial charge in [0.1, 0.15) is 0 Å². The summed E-state index contributed by atoms with van der Waals surface area (Å²) in [6.45, 7) is 5.60. The van der Waals surface area contributed by atoms with E-state index in [-0.39, 0.29) is 37.4 Å². The Morgan fingerprint density at radius 3 is 2.57 bits per heavy atom. The van der Waals surface area contributed by atoms with Crippen LogP contribution in [0.5, 0.6) is 0 Å². The van der Waals surface area contributed by atoms with E-state index in [2.05, 4.69) is 5.32 Å². The van der Waals surface area contributed by atoms with Crippen LogP contribution in [0.2, 0.25) is 0 Å². The lowest BCUT2D eigenvalue weighted by Gasteiger charge is -2.16. The molecule has 1 aliphatic rings. The molecule has 0 aliphatic carbocycles. The van der Waals surface area contributed by atoms with Gasteiger partial charge in [-0.1, -0.05) is 17.7 Å². The molecular weight excluding hydrogens is 296 g/mol. The summed E-state index contributed by atoms with van der Waals surface area (Å²) in [6.07, 6.45) is 0.110. The first-order valence-electron chi connectivity index (χ1n) is 7.70. The molecule has 1 saturated heterocycles. The van der Waals surface area contributed by atoms with Crippen LogP contribution in [0.3, 0.4) is 0 Å². The molecule has 0 spiro atoms. The Bertz CT molecular complexity index is 595. The number of nitrogens with zero attached hydrogens (tertiary/aromatic N) is 1. The molecule has 0 bridgehead atoms. The maximum atomic E-state index is 12.1. The maximum absolute atomic E-state index is 12.1. The first-order chi connectivity index (χ1) is 10.9. The number of aryl methyl sites for hydroxylation is 1. The Kier molecular flexibility index (Phi) is 5.36. The number of benzene rings is 1. The summed E-state index contributed by atoms with van der Waals surface area (Å²) in [5.74, 6) is -1.49. The average Bonchev–Trinajstić information content (AvgIpc) is 2.87. The van der Waals surface area contributed by atoms with Crippen molar-refractivity contribution in [1.29, 1.82) is 0 Å². The van der Waals surface area contributed by atoms with E-state index in [0.29, 0.717) is 0 Å². The van der Waals surface area contributed by atoms with Crippen molar-refractivity contribution in [3.63, 3.8) is 0 Å². The van der Waals surface area contributed by atoms with Crippen LogP contribution in [0.15, 0.2) is 24.3 Å². The standard InChI is InChI=1S/C17H22N2O4/c1-11(2)18-15(20)10-23-17(22)13-8-16(21)19(9-13)14-6-4-12(3)5-7-14/h4-7,11,13H,8-10H2,1-3H3,(H,18,20)/t13-/m1/s1. The molecule has 1 aliphatic heterocycles. The summed E-state index contributed by atoms with van der Waals surface area (Å²) in [4.78, 5) is 37.2. The molecule has 124 valence electrons. The third-order valence-corrected chi connectivity index (χ3v) is 3.60. The molecule has 1 aromatic rings. The van der Waals surface area contributed by atoms with Crippen molar-refractivity contribution in [1.82, 2.24) is 5.32 Å². The van der Waals surface area contributed by atoms with Gasteiger partial charge in [-0.2, -0.15) is 0 Å². The van der Waals surface area contributed by atoms with E-state index in [1.807, 2.05) is 45.0 Å². The van der Waals surface area contributed by atoms with Crippen LogP contribution in [-0.2, 0) is 19.1 Å². The number of rotatable bonds is 5. The number of esters is 1. The Morgan fingerprint density at radius 2 is 1.96 bits per heavy atom. The van der Waals surface area contributed by atoms with E-state index >= 15 is 0 Å². The van der Waals surface area contributed by atoms with Gasteiger partial charge in [-0.3, -0.25) is 14.4 Å². The molecule has 6 heteroatoms. The number of ether oxygens (including phenoxy) is 1. The molecule has 1 heterocycles. The van der Waals surface area contributed by atoms with Gasteiger partial charge in [0.05, 0.1) is 5.92 Å². The molecule has 0 radical (unpaired) electrons. The van der Waals surface area contributed by atoms with Crippen molar-refractivity contribution in [2.75, 3.05) is 18.1 Å². The van der Waals surface area contributed by atoms with Gasteiger partial charge in [-0.25, -0.2) is 0 Å². The van der Waals surface area contributed by atoms with E-state index in [1.165, 1.54) is 0 Å². The molecule has 0 unspecified atom stereocenters. The van der Waals surface area contributed by atoms with Crippen molar-refractivity contribution < 1.29 is 19.1 Å².